The summed E-state index contributed by atoms with van der Waals surface area (Å²) in [6, 6.07) is 5.78. The SMILES string of the molecule is COc1ccc2c(c1)SC1=NNC(=O)CN12. The van der Waals surface area contributed by atoms with E-state index in [1.54, 1.807) is 7.11 Å². The number of methoxy groups -OCH3 is 1. The van der Waals surface area contributed by atoms with Gasteiger partial charge in [-0.15, -0.1) is 5.10 Å². The lowest BCUT2D eigenvalue weighted by Gasteiger charge is -2.21. The van der Waals surface area contributed by atoms with Crippen LogP contribution in [0.5, 0.6) is 5.75 Å². The number of amidine groups is 1. The van der Waals surface area contributed by atoms with Gasteiger partial charge in [-0.25, -0.2) is 5.43 Å². The number of hydrogen-bond donors (Lipinski definition) is 1. The number of nitrogens with zero attached hydrogens (tertiary/aromatic N) is 2. The van der Waals surface area contributed by atoms with E-state index in [1.165, 1.54) is 11.8 Å². The highest BCUT2D eigenvalue weighted by Crippen LogP contribution is 2.42. The van der Waals surface area contributed by atoms with E-state index in [-0.39, 0.29) is 5.91 Å². The van der Waals surface area contributed by atoms with Gasteiger partial charge in [0, 0.05) is 4.90 Å². The number of benzene rings is 1. The van der Waals surface area contributed by atoms with Crippen LogP contribution in [0.25, 0.3) is 0 Å². The molecule has 1 amide bonds. The maximum atomic E-state index is 11.2. The van der Waals surface area contributed by atoms with Gasteiger partial charge in [0.2, 0.25) is 0 Å². The van der Waals surface area contributed by atoms with Crippen molar-refractivity contribution in [1.82, 2.24) is 5.43 Å². The molecule has 0 fully saturated rings. The van der Waals surface area contributed by atoms with Crippen LogP contribution in [-0.2, 0) is 4.79 Å². The second-order valence-corrected chi connectivity index (χ2v) is 4.46. The number of carbonyl (C=O) groups is 1. The van der Waals surface area contributed by atoms with Crippen molar-refractivity contribution in [3.63, 3.8) is 0 Å². The van der Waals surface area contributed by atoms with E-state index >= 15 is 0 Å². The van der Waals surface area contributed by atoms with Crippen LogP contribution >= 0.6 is 11.8 Å². The number of anilines is 1. The predicted octanol–water partition coefficient (Wildman–Crippen LogP) is 1.01. The Labute approximate surface area is 96.5 Å². The van der Waals surface area contributed by atoms with Crippen molar-refractivity contribution < 1.29 is 9.53 Å². The molecule has 0 atom stereocenters. The number of fused-ring (bicyclic) bond motifs is 3. The largest absolute Gasteiger partial charge is 0.497 e. The fourth-order valence-electron chi connectivity index (χ4n) is 1.71. The summed E-state index contributed by atoms with van der Waals surface area (Å²) in [5, 5.41) is 4.82. The Balaban J connectivity index is 2.04. The lowest BCUT2D eigenvalue weighted by atomic mass is 10.2. The predicted molar refractivity (Wildman–Crippen MR) is 61.8 cm³/mol. The number of ether oxygens (including phenoxy) is 1. The molecule has 1 N–H and O–H groups in total. The molecular weight excluding hydrogens is 226 g/mol. The second kappa shape index (κ2) is 3.41. The molecule has 2 heterocycles. The summed E-state index contributed by atoms with van der Waals surface area (Å²) >= 11 is 1.53. The lowest BCUT2D eigenvalue weighted by molar-refractivity contribution is -0.119. The van der Waals surface area contributed by atoms with Crippen LogP contribution < -0.4 is 15.1 Å². The van der Waals surface area contributed by atoms with Crippen molar-refractivity contribution in [2.45, 2.75) is 4.90 Å². The molecule has 1 aromatic rings. The van der Waals surface area contributed by atoms with Crippen LogP contribution in [0.2, 0.25) is 0 Å². The molecule has 0 saturated carbocycles. The van der Waals surface area contributed by atoms with Crippen molar-refractivity contribution in [2.24, 2.45) is 5.10 Å². The van der Waals surface area contributed by atoms with Crippen molar-refractivity contribution in [1.29, 1.82) is 0 Å². The Morgan fingerprint density at radius 3 is 3.25 bits per heavy atom. The van der Waals surface area contributed by atoms with Crippen LogP contribution in [0.15, 0.2) is 28.2 Å². The molecule has 3 rings (SSSR count). The normalized spacial score (nSPS) is 17.4. The molecular formula is C10H9N3O2S. The fourth-order valence-corrected chi connectivity index (χ4v) is 2.73. The first-order valence-corrected chi connectivity index (χ1v) is 5.59. The van der Waals surface area contributed by atoms with Gasteiger partial charge in [0.25, 0.3) is 5.91 Å². The monoisotopic (exact) mass is 235 g/mol. The van der Waals surface area contributed by atoms with E-state index in [0.29, 0.717) is 6.54 Å². The topological polar surface area (TPSA) is 53.9 Å². The van der Waals surface area contributed by atoms with Gasteiger partial charge in [-0.3, -0.25) is 4.79 Å². The first kappa shape index (κ1) is 9.53. The van der Waals surface area contributed by atoms with E-state index in [1.807, 2.05) is 23.1 Å². The molecule has 1 aromatic carbocycles. The number of rotatable bonds is 1. The number of hydrazone groups is 1. The number of amides is 1. The third-order valence-corrected chi connectivity index (χ3v) is 3.51. The van der Waals surface area contributed by atoms with Crippen LogP contribution in [0.4, 0.5) is 5.69 Å². The van der Waals surface area contributed by atoms with E-state index in [4.69, 9.17) is 4.74 Å². The summed E-state index contributed by atoms with van der Waals surface area (Å²) in [5.41, 5.74) is 3.49. The molecule has 16 heavy (non-hydrogen) atoms. The van der Waals surface area contributed by atoms with Gasteiger partial charge in [0.05, 0.1) is 12.8 Å². The van der Waals surface area contributed by atoms with Crippen molar-refractivity contribution in [2.75, 3.05) is 18.6 Å². The molecule has 6 heteroatoms. The van der Waals surface area contributed by atoms with Gasteiger partial charge in [0.15, 0.2) is 5.17 Å². The zero-order chi connectivity index (χ0) is 11.1. The highest BCUT2D eigenvalue weighted by atomic mass is 32.2. The number of thioether (sulfide) groups is 1. The first-order chi connectivity index (χ1) is 7.78. The quantitative estimate of drug-likeness (QED) is 0.789. The molecule has 0 bridgehead atoms. The van der Waals surface area contributed by atoms with Gasteiger partial charge in [-0.2, -0.15) is 0 Å². The fraction of sp³-hybridized carbons (Fsp3) is 0.200. The molecule has 0 radical (unpaired) electrons. The molecule has 82 valence electrons. The number of hydrogen-bond acceptors (Lipinski definition) is 5. The number of nitrogens with one attached hydrogen (secondary N) is 1. The maximum absolute atomic E-state index is 11.2. The Hall–Kier alpha value is -1.69. The average Bonchev–Trinajstić information content (AvgIpc) is 2.66. The van der Waals surface area contributed by atoms with Crippen LogP contribution in [0.3, 0.4) is 0 Å². The average molecular weight is 235 g/mol. The summed E-state index contributed by atoms with van der Waals surface area (Å²) in [6.45, 7) is 0.325. The van der Waals surface area contributed by atoms with E-state index in [9.17, 15) is 4.79 Å². The summed E-state index contributed by atoms with van der Waals surface area (Å²) in [5.74, 6) is 0.721. The standard InChI is InChI=1S/C10H9N3O2S/c1-15-6-2-3-7-8(4-6)16-10-12-11-9(14)5-13(7)10/h2-4H,5H2,1H3,(H,11,14). The highest BCUT2D eigenvalue weighted by molar-refractivity contribution is 8.14. The summed E-state index contributed by atoms with van der Waals surface area (Å²) in [4.78, 5) is 14.2. The minimum absolute atomic E-state index is 0.0898. The van der Waals surface area contributed by atoms with Gasteiger partial charge in [0.1, 0.15) is 12.3 Å². The van der Waals surface area contributed by atoms with Gasteiger partial charge in [-0.1, -0.05) is 0 Å². The Kier molecular flexibility index (Phi) is 2.03. The van der Waals surface area contributed by atoms with Crippen LogP contribution in [-0.4, -0.2) is 24.7 Å². The van der Waals surface area contributed by atoms with Crippen molar-refractivity contribution in [3.05, 3.63) is 18.2 Å². The maximum Gasteiger partial charge on any atom is 0.260 e. The lowest BCUT2D eigenvalue weighted by Crippen LogP contribution is -2.42. The minimum atomic E-state index is -0.0898. The molecule has 0 saturated heterocycles. The third kappa shape index (κ3) is 1.34. The Morgan fingerprint density at radius 1 is 1.56 bits per heavy atom. The van der Waals surface area contributed by atoms with Crippen molar-refractivity contribution >= 4 is 28.5 Å². The zero-order valence-electron chi connectivity index (χ0n) is 8.56. The summed E-state index contributed by atoms with van der Waals surface area (Å²) < 4.78 is 5.16. The molecule has 2 aliphatic heterocycles. The van der Waals surface area contributed by atoms with E-state index in [0.717, 1.165) is 21.5 Å². The Bertz CT molecular complexity index is 501. The van der Waals surface area contributed by atoms with E-state index in [2.05, 4.69) is 10.5 Å². The molecule has 5 nitrogen and oxygen atoms in total. The summed E-state index contributed by atoms with van der Waals surface area (Å²) in [7, 11) is 1.64. The van der Waals surface area contributed by atoms with Crippen LogP contribution in [0, 0.1) is 0 Å². The van der Waals surface area contributed by atoms with Gasteiger partial charge >= 0.3 is 0 Å². The van der Waals surface area contributed by atoms with Gasteiger partial charge < -0.3 is 9.64 Å². The highest BCUT2D eigenvalue weighted by Gasteiger charge is 2.31. The first-order valence-electron chi connectivity index (χ1n) is 4.78. The van der Waals surface area contributed by atoms with E-state index < -0.39 is 0 Å². The number of carbonyl (C=O) groups excluding carboxylic acids is 1. The summed E-state index contributed by atoms with van der Waals surface area (Å²) in [6.07, 6.45) is 0. The van der Waals surface area contributed by atoms with Gasteiger partial charge in [-0.05, 0) is 30.0 Å². The Morgan fingerprint density at radius 2 is 2.44 bits per heavy atom. The zero-order valence-corrected chi connectivity index (χ0v) is 9.37. The molecule has 0 aromatic heterocycles. The molecule has 2 aliphatic rings. The smallest absolute Gasteiger partial charge is 0.260 e. The van der Waals surface area contributed by atoms with Crippen LogP contribution in [0.1, 0.15) is 0 Å². The third-order valence-electron chi connectivity index (χ3n) is 2.47. The molecule has 0 aliphatic carbocycles. The molecule has 0 unspecified atom stereocenters. The second-order valence-electron chi connectivity index (χ2n) is 3.45. The minimum Gasteiger partial charge on any atom is -0.497 e. The van der Waals surface area contributed by atoms with Crippen molar-refractivity contribution in [3.8, 4) is 5.75 Å². The molecule has 0 spiro atoms.